The molecular weight excluding hydrogens is 336 g/mol. The van der Waals surface area contributed by atoms with Crippen molar-refractivity contribution in [2.24, 2.45) is 0 Å². The standard InChI is InChI=1S/C18H16N4O2S/c1-9-3-5-13(16-12(9)8-19-22-16)20-18(24)11-4-6-15-14(7-11)21-17(23)10(2)25-15/h3-8,10H,1-2H3,(H,19,22)(H,20,24)(H,21,23)/t10-/m1/s1. The Morgan fingerprint density at radius 1 is 1.28 bits per heavy atom. The van der Waals surface area contributed by atoms with Crippen molar-refractivity contribution < 1.29 is 9.59 Å². The third-order valence-corrected chi connectivity index (χ3v) is 5.43. The van der Waals surface area contributed by atoms with E-state index in [1.54, 1.807) is 18.3 Å². The Balaban J connectivity index is 1.63. The number of fused-ring (bicyclic) bond motifs is 2. The third-order valence-electron chi connectivity index (χ3n) is 4.25. The Labute approximate surface area is 148 Å². The van der Waals surface area contributed by atoms with E-state index >= 15 is 0 Å². The smallest absolute Gasteiger partial charge is 0.255 e. The number of aryl methyl sites for hydroxylation is 1. The van der Waals surface area contributed by atoms with Gasteiger partial charge < -0.3 is 10.6 Å². The number of aromatic amines is 1. The third kappa shape index (κ3) is 2.76. The molecule has 0 fully saturated rings. The van der Waals surface area contributed by atoms with E-state index in [2.05, 4.69) is 20.8 Å². The van der Waals surface area contributed by atoms with E-state index < -0.39 is 0 Å². The summed E-state index contributed by atoms with van der Waals surface area (Å²) >= 11 is 1.49. The minimum Gasteiger partial charge on any atom is -0.324 e. The van der Waals surface area contributed by atoms with Gasteiger partial charge in [0.25, 0.3) is 5.91 Å². The van der Waals surface area contributed by atoms with Crippen LogP contribution in [0.15, 0.2) is 41.4 Å². The number of thioether (sulfide) groups is 1. The van der Waals surface area contributed by atoms with Crippen LogP contribution in [0.25, 0.3) is 10.9 Å². The Morgan fingerprint density at radius 3 is 2.96 bits per heavy atom. The summed E-state index contributed by atoms with van der Waals surface area (Å²) in [7, 11) is 0. The molecule has 1 aromatic heterocycles. The summed E-state index contributed by atoms with van der Waals surface area (Å²) in [5, 5.41) is 13.6. The first-order chi connectivity index (χ1) is 12.0. The first kappa shape index (κ1) is 15.7. The van der Waals surface area contributed by atoms with E-state index in [0.29, 0.717) is 16.9 Å². The molecule has 6 nitrogen and oxygen atoms in total. The number of amides is 2. The number of nitrogens with zero attached hydrogens (tertiary/aromatic N) is 1. The van der Waals surface area contributed by atoms with Crippen molar-refractivity contribution in [2.45, 2.75) is 24.0 Å². The van der Waals surface area contributed by atoms with Crippen LogP contribution in [0.4, 0.5) is 11.4 Å². The lowest BCUT2D eigenvalue weighted by Crippen LogP contribution is -2.26. The molecule has 0 saturated heterocycles. The fraction of sp³-hybridized carbons (Fsp3) is 0.167. The van der Waals surface area contributed by atoms with Crippen LogP contribution in [-0.2, 0) is 4.79 Å². The maximum Gasteiger partial charge on any atom is 0.255 e. The number of H-pyrrole nitrogens is 1. The molecule has 0 saturated carbocycles. The van der Waals surface area contributed by atoms with Gasteiger partial charge in [0.2, 0.25) is 5.91 Å². The number of aromatic nitrogens is 2. The first-order valence-corrected chi connectivity index (χ1v) is 8.76. The van der Waals surface area contributed by atoms with Crippen LogP contribution in [0.3, 0.4) is 0 Å². The van der Waals surface area contributed by atoms with Gasteiger partial charge in [0.1, 0.15) is 0 Å². The monoisotopic (exact) mass is 352 g/mol. The number of carbonyl (C=O) groups excluding carboxylic acids is 2. The number of hydrogen-bond acceptors (Lipinski definition) is 4. The topological polar surface area (TPSA) is 86.9 Å². The summed E-state index contributed by atoms with van der Waals surface area (Å²) < 4.78 is 0. The summed E-state index contributed by atoms with van der Waals surface area (Å²) in [6.07, 6.45) is 1.74. The largest absolute Gasteiger partial charge is 0.324 e. The highest BCUT2D eigenvalue weighted by molar-refractivity contribution is 8.00. The first-order valence-electron chi connectivity index (χ1n) is 7.88. The second-order valence-corrected chi connectivity index (χ2v) is 7.39. The molecule has 2 amide bonds. The van der Waals surface area contributed by atoms with Gasteiger partial charge in [-0.2, -0.15) is 5.10 Å². The van der Waals surface area contributed by atoms with Gasteiger partial charge in [-0.15, -0.1) is 11.8 Å². The van der Waals surface area contributed by atoms with Gasteiger partial charge in [-0.3, -0.25) is 14.7 Å². The molecule has 126 valence electrons. The number of hydrogen-bond donors (Lipinski definition) is 3. The van der Waals surface area contributed by atoms with E-state index in [4.69, 9.17) is 0 Å². The van der Waals surface area contributed by atoms with Gasteiger partial charge >= 0.3 is 0 Å². The molecule has 2 aromatic carbocycles. The lowest BCUT2D eigenvalue weighted by molar-refractivity contribution is -0.115. The van der Waals surface area contributed by atoms with Crippen LogP contribution in [0.5, 0.6) is 0 Å². The van der Waals surface area contributed by atoms with Gasteiger partial charge in [0.15, 0.2) is 0 Å². The van der Waals surface area contributed by atoms with Gasteiger partial charge in [-0.25, -0.2) is 0 Å². The molecule has 25 heavy (non-hydrogen) atoms. The number of rotatable bonds is 2. The molecule has 7 heteroatoms. The van der Waals surface area contributed by atoms with Gasteiger partial charge in [-0.1, -0.05) is 6.07 Å². The van der Waals surface area contributed by atoms with E-state index in [-0.39, 0.29) is 17.1 Å². The number of nitrogens with one attached hydrogen (secondary N) is 3. The molecule has 1 aliphatic heterocycles. The van der Waals surface area contributed by atoms with Crippen LogP contribution in [0.1, 0.15) is 22.8 Å². The molecule has 4 rings (SSSR count). The van der Waals surface area contributed by atoms with Crippen molar-refractivity contribution in [3.8, 4) is 0 Å². The number of benzene rings is 2. The summed E-state index contributed by atoms with van der Waals surface area (Å²) in [5.74, 6) is -0.284. The number of anilines is 2. The molecule has 2 heterocycles. The highest BCUT2D eigenvalue weighted by atomic mass is 32.2. The minimum absolute atomic E-state index is 0.0484. The van der Waals surface area contributed by atoms with E-state index in [1.807, 2.05) is 32.0 Å². The maximum atomic E-state index is 12.6. The summed E-state index contributed by atoms with van der Waals surface area (Å²) in [4.78, 5) is 25.4. The van der Waals surface area contributed by atoms with Crippen molar-refractivity contribution in [3.05, 3.63) is 47.7 Å². The van der Waals surface area contributed by atoms with Gasteiger partial charge in [0, 0.05) is 15.8 Å². The highest BCUT2D eigenvalue weighted by Gasteiger charge is 2.24. The average molecular weight is 352 g/mol. The Morgan fingerprint density at radius 2 is 2.12 bits per heavy atom. The van der Waals surface area contributed by atoms with Crippen molar-refractivity contribution in [1.29, 1.82) is 0 Å². The second kappa shape index (κ2) is 5.93. The molecule has 0 unspecified atom stereocenters. The second-order valence-electron chi connectivity index (χ2n) is 6.00. The molecule has 0 radical (unpaired) electrons. The van der Waals surface area contributed by atoms with Crippen LogP contribution < -0.4 is 10.6 Å². The zero-order valence-electron chi connectivity index (χ0n) is 13.7. The van der Waals surface area contributed by atoms with Crippen LogP contribution in [-0.4, -0.2) is 27.3 Å². The van der Waals surface area contributed by atoms with Crippen molar-refractivity contribution in [3.63, 3.8) is 0 Å². The number of carbonyl (C=O) groups is 2. The zero-order chi connectivity index (χ0) is 17.6. The molecular formula is C18H16N4O2S. The Bertz CT molecular complexity index is 1010. The Hall–Kier alpha value is -2.80. The maximum absolute atomic E-state index is 12.6. The average Bonchev–Trinajstić information content (AvgIpc) is 3.09. The van der Waals surface area contributed by atoms with Gasteiger partial charge in [-0.05, 0) is 43.7 Å². The van der Waals surface area contributed by atoms with E-state index in [9.17, 15) is 9.59 Å². The molecule has 3 N–H and O–H groups in total. The van der Waals surface area contributed by atoms with Crippen LogP contribution in [0.2, 0.25) is 0 Å². The fourth-order valence-electron chi connectivity index (χ4n) is 2.82. The Kier molecular flexibility index (Phi) is 3.73. The lowest BCUT2D eigenvalue weighted by Gasteiger charge is -2.21. The molecule has 0 bridgehead atoms. The van der Waals surface area contributed by atoms with Gasteiger partial charge in [0.05, 0.1) is 28.3 Å². The van der Waals surface area contributed by atoms with E-state index in [0.717, 1.165) is 21.4 Å². The predicted molar refractivity (Wildman–Crippen MR) is 99.2 cm³/mol. The SMILES string of the molecule is Cc1ccc(NC(=O)c2ccc3c(c2)NC(=O)[C@@H](C)S3)c2[nH]ncc12. The molecule has 3 aromatic rings. The molecule has 1 aliphatic rings. The quantitative estimate of drug-likeness (QED) is 0.658. The minimum atomic E-state index is -0.236. The van der Waals surface area contributed by atoms with Crippen LogP contribution in [0, 0.1) is 6.92 Å². The molecule has 1 atom stereocenters. The highest BCUT2D eigenvalue weighted by Crippen LogP contribution is 2.36. The molecule has 0 spiro atoms. The molecule has 0 aliphatic carbocycles. The summed E-state index contributed by atoms with van der Waals surface area (Å²) in [6.45, 7) is 3.85. The summed E-state index contributed by atoms with van der Waals surface area (Å²) in [5.41, 5.74) is 3.72. The van der Waals surface area contributed by atoms with Crippen molar-refractivity contribution >= 4 is 45.9 Å². The van der Waals surface area contributed by atoms with Crippen molar-refractivity contribution in [2.75, 3.05) is 10.6 Å². The van der Waals surface area contributed by atoms with Crippen molar-refractivity contribution in [1.82, 2.24) is 10.2 Å². The fourth-order valence-corrected chi connectivity index (χ4v) is 3.75. The predicted octanol–water partition coefficient (Wildman–Crippen LogP) is 3.56. The normalized spacial score (nSPS) is 16.4. The lowest BCUT2D eigenvalue weighted by atomic mass is 10.1. The van der Waals surface area contributed by atoms with Crippen LogP contribution >= 0.6 is 11.8 Å². The van der Waals surface area contributed by atoms with E-state index in [1.165, 1.54) is 11.8 Å². The zero-order valence-corrected chi connectivity index (χ0v) is 14.5. The summed E-state index contributed by atoms with van der Waals surface area (Å²) in [6, 6.07) is 9.14.